The van der Waals surface area contributed by atoms with Crippen LogP contribution in [0.2, 0.25) is 0 Å². The van der Waals surface area contributed by atoms with E-state index < -0.39 is 6.10 Å². The minimum absolute atomic E-state index is 0.457. The number of pyridine rings is 1. The molecular formula is C17H20N2O. The minimum Gasteiger partial charge on any atom is -0.389 e. The molecule has 0 fully saturated rings. The molecule has 0 saturated heterocycles. The van der Waals surface area contributed by atoms with Crippen LogP contribution in [0.3, 0.4) is 0 Å². The molecule has 2 aromatic rings. The van der Waals surface area contributed by atoms with E-state index in [9.17, 15) is 5.11 Å². The van der Waals surface area contributed by atoms with E-state index in [1.165, 1.54) is 11.1 Å². The molecule has 2 heterocycles. The third-order valence-corrected chi connectivity index (χ3v) is 3.93. The number of nitrogens with zero attached hydrogens (tertiary/aromatic N) is 2. The number of aliphatic hydroxyl groups is 1. The lowest BCUT2D eigenvalue weighted by atomic mass is 10.0. The lowest BCUT2D eigenvalue weighted by molar-refractivity contribution is 0.199. The summed E-state index contributed by atoms with van der Waals surface area (Å²) >= 11 is 0. The maximum atomic E-state index is 9.55. The van der Waals surface area contributed by atoms with Crippen LogP contribution >= 0.6 is 0 Å². The fraction of sp³-hybridized carbons (Fsp3) is 0.353. The van der Waals surface area contributed by atoms with Gasteiger partial charge in [-0.25, -0.2) is 4.98 Å². The summed E-state index contributed by atoms with van der Waals surface area (Å²) in [5.41, 5.74) is 3.71. The summed E-state index contributed by atoms with van der Waals surface area (Å²) in [7, 11) is 0. The van der Waals surface area contributed by atoms with Crippen molar-refractivity contribution in [2.24, 2.45) is 0 Å². The van der Waals surface area contributed by atoms with Crippen molar-refractivity contribution in [3.63, 3.8) is 0 Å². The summed E-state index contributed by atoms with van der Waals surface area (Å²) in [5, 5.41) is 9.55. The predicted molar refractivity (Wildman–Crippen MR) is 80.7 cm³/mol. The van der Waals surface area contributed by atoms with Crippen molar-refractivity contribution >= 4 is 5.82 Å². The number of hydrogen-bond acceptors (Lipinski definition) is 3. The smallest absolute Gasteiger partial charge is 0.128 e. The normalized spacial score (nSPS) is 16.4. The van der Waals surface area contributed by atoms with Gasteiger partial charge < -0.3 is 10.0 Å². The van der Waals surface area contributed by atoms with Gasteiger partial charge in [0.25, 0.3) is 0 Å². The molecule has 1 atom stereocenters. The summed E-state index contributed by atoms with van der Waals surface area (Å²) < 4.78 is 0. The van der Waals surface area contributed by atoms with E-state index in [0.29, 0.717) is 0 Å². The molecule has 1 aliphatic heterocycles. The Labute approximate surface area is 119 Å². The van der Waals surface area contributed by atoms with E-state index in [0.717, 1.165) is 37.3 Å². The molecule has 0 spiro atoms. The van der Waals surface area contributed by atoms with Gasteiger partial charge in [0.1, 0.15) is 5.82 Å². The summed E-state index contributed by atoms with van der Waals surface area (Å²) in [6.45, 7) is 3.70. The maximum Gasteiger partial charge on any atom is 0.128 e. The van der Waals surface area contributed by atoms with Gasteiger partial charge in [-0.15, -0.1) is 0 Å². The van der Waals surface area contributed by atoms with Crippen molar-refractivity contribution in [1.82, 2.24) is 4.98 Å². The van der Waals surface area contributed by atoms with Crippen LogP contribution in [-0.4, -0.2) is 16.6 Å². The van der Waals surface area contributed by atoms with E-state index in [1.54, 1.807) is 13.1 Å². The van der Waals surface area contributed by atoms with Crippen LogP contribution in [0.5, 0.6) is 0 Å². The Balaban J connectivity index is 1.84. The van der Waals surface area contributed by atoms with Crippen LogP contribution in [-0.2, 0) is 13.0 Å². The van der Waals surface area contributed by atoms with E-state index in [-0.39, 0.29) is 0 Å². The molecule has 0 saturated carbocycles. The standard InChI is InChI=1S/C17H20N2O/c1-13(20)15-8-9-17(18-11-15)19-10-4-7-14-5-2-3-6-16(14)12-19/h2-3,5-6,8-9,11,13,20H,4,7,10,12H2,1H3. The summed E-state index contributed by atoms with van der Waals surface area (Å²) in [4.78, 5) is 6.82. The summed E-state index contributed by atoms with van der Waals surface area (Å²) in [6.07, 6.45) is 3.60. The first-order chi connectivity index (χ1) is 9.74. The number of anilines is 1. The number of fused-ring (bicyclic) bond motifs is 1. The Morgan fingerprint density at radius 3 is 2.65 bits per heavy atom. The third kappa shape index (κ3) is 2.68. The number of benzene rings is 1. The molecule has 1 unspecified atom stereocenters. The van der Waals surface area contributed by atoms with Crippen molar-refractivity contribution < 1.29 is 5.11 Å². The van der Waals surface area contributed by atoms with E-state index in [1.807, 2.05) is 12.1 Å². The van der Waals surface area contributed by atoms with Crippen LogP contribution in [0.15, 0.2) is 42.6 Å². The van der Waals surface area contributed by atoms with E-state index in [2.05, 4.69) is 34.1 Å². The van der Waals surface area contributed by atoms with Crippen molar-refractivity contribution in [2.75, 3.05) is 11.4 Å². The van der Waals surface area contributed by atoms with Gasteiger partial charge in [0, 0.05) is 19.3 Å². The highest BCUT2D eigenvalue weighted by atomic mass is 16.3. The first-order valence-corrected chi connectivity index (χ1v) is 7.20. The number of aromatic nitrogens is 1. The van der Waals surface area contributed by atoms with Gasteiger partial charge in [0.15, 0.2) is 0 Å². The molecule has 3 heteroatoms. The average Bonchev–Trinajstić information content (AvgIpc) is 2.69. The topological polar surface area (TPSA) is 36.4 Å². The SMILES string of the molecule is CC(O)c1ccc(N2CCCc3ccccc3C2)nc1. The molecule has 0 bridgehead atoms. The Hall–Kier alpha value is -1.87. The molecule has 0 aliphatic carbocycles. The first kappa shape index (κ1) is 13.1. The van der Waals surface area contributed by atoms with Crippen LogP contribution in [0.1, 0.15) is 36.1 Å². The van der Waals surface area contributed by atoms with Gasteiger partial charge in [-0.3, -0.25) is 0 Å². The zero-order valence-corrected chi connectivity index (χ0v) is 11.8. The molecule has 20 heavy (non-hydrogen) atoms. The van der Waals surface area contributed by atoms with Crippen LogP contribution in [0.4, 0.5) is 5.82 Å². The number of aliphatic hydroxyl groups excluding tert-OH is 1. The Bertz CT molecular complexity index is 578. The van der Waals surface area contributed by atoms with E-state index in [4.69, 9.17) is 0 Å². The lowest BCUT2D eigenvalue weighted by Crippen LogP contribution is -2.23. The zero-order valence-electron chi connectivity index (χ0n) is 11.8. The second-order valence-electron chi connectivity index (χ2n) is 5.42. The number of aryl methyl sites for hydroxylation is 1. The highest BCUT2D eigenvalue weighted by molar-refractivity contribution is 5.43. The number of rotatable bonds is 2. The largest absolute Gasteiger partial charge is 0.389 e. The van der Waals surface area contributed by atoms with Crippen molar-refractivity contribution in [3.8, 4) is 0 Å². The molecule has 0 amide bonds. The predicted octanol–water partition coefficient (Wildman–Crippen LogP) is 3.09. The van der Waals surface area contributed by atoms with Gasteiger partial charge in [0.2, 0.25) is 0 Å². The molecule has 1 aromatic carbocycles. The van der Waals surface area contributed by atoms with Crippen LogP contribution in [0, 0.1) is 0 Å². The highest BCUT2D eigenvalue weighted by Gasteiger charge is 2.15. The molecule has 1 N–H and O–H groups in total. The summed E-state index contributed by atoms with van der Waals surface area (Å²) in [5.74, 6) is 0.992. The Morgan fingerprint density at radius 2 is 1.95 bits per heavy atom. The molecule has 0 radical (unpaired) electrons. The first-order valence-electron chi connectivity index (χ1n) is 7.20. The van der Waals surface area contributed by atoms with Crippen LogP contribution in [0.25, 0.3) is 0 Å². The van der Waals surface area contributed by atoms with Crippen LogP contribution < -0.4 is 4.90 Å². The van der Waals surface area contributed by atoms with Gasteiger partial charge in [0.05, 0.1) is 6.10 Å². The second-order valence-corrected chi connectivity index (χ2v) is 5.42. The van der Waals surface area contributed by atoms with Gasteiger partial charge in [-0.2, -0.15) is 0 Å². The molecule has 3 rings (SSSR count). The van der Waals surface area contributed by atoms with Crippen molar-refractivity contribution in [3.05, 3.63) is 59.3 Å². The molecule has 104 valence electrons. The molecule has 1 aliphatic rings. The van der Waals surface area contributed by atoms with Gasteiger partial charge in [-0.1, -0.05) is 30.3 Å². The lowest BCUT2D eigenvalue weighted by Gasteiger charge is -2.22. The number of hydrogen-bond donors (Lipinski definition) is 1. The Morgan fingerprint density at radius 1 is 1.15 bits per heavy atom. The molecule has 1 aromatic heterocycles. The average molecular weight is 268 g/mol. The quantitative estimate of drug-likeness (QED) is 0.909. The van der Waals surface area contributed by atoms with Gasteiger partial charge in [-0.05, 0) is 42.5 Å². The van der Waals surface area contributed by atoms with Crippen molar-refractivity contribution in [2.45, 2.75) is 32.4 Å². The fourth-order valence-corrected chi connectivity index (χ4v) is 2.73. The summed E-state index contributed by atoms with van der Waals surface area (Å²) in [6, 6.07) is 12.6. The third-order valence-electron chi connectivity index (χ3n) is 3.93. The molecule has 3 nitrogen and oxygen atoms in total. The Kier molecular flexibility index (Phi) is 3.70. The highest BCUT2D eigenvalue weighted by Crippen LogP contribution is 2.23. The molecular weight excluding hydrogens is 248 g/mol. The minimum atomic E-state index is -0.457. The van der Waals surface area contributed by atoms with E-state index >= 15 is 0 Å². The van der Waals surface area contributed by atoms with Gasteiger partial charge >= 0.3 is 0 Å². The monoisotopic (exact) mass is 268 g/mol. The maximum absolute atomic E-state index is 9.55. The zero-order chi connectivity index (χ0) is 13.9. The fourth-order valence-electron chi connectivity index (χ4n) is 2.73. The van der Waals surface area contributed by atoms with Crippen molar-refractivity contribution in [1.29, 1.82) is 0 Å². The second kappa shape index (κ2) is 5.63.